The molecular formula is C8H10ClN5O. The third-order valence-corrected chi connectivity index (χ3v) is 2.12. The molecule has 0 fully saturated rings. The van der Waals surface area contributed by atoms with Crippen LogP contribution in [0.5, 0.6) is 0 Å². The fraction of sp³-hybridized carbons (Fsp3) is 0.500. The van der Waals surface area contributed by atoms with Crippen molar-refractivity contribution in [3.63, 3.8) is 0 Å². The second-order valence-corrected chi connectivity index (χ2v) is 3.41. The van der Waals surface area contributed by atoms with E-state index in [0.717, 1.165) is 18.5 Å². The van der Waals surface area contributed by atoms with Gasteiger partial charge in [0.1, 0.15) is 6.54 Å². The first-order valence-corrected chi connectivity index (χ1v) is 5.12. The molecule has 2 rings (SSSR count). The van der Waals surface area contributed by atoms with Gasteiger partial charge in [-0.2, -0.15) is 4.98 Å². The summed E-state index contributed by atoms with van der Waals surface area (Å²) in [5.41, 5.74) is 0.926. The first-order valence-electron chi connectivity index (χ1n) is 4.59. The Labute approximate surface area is 91.2 Å². The van der Waals surface area contributed by atoms with Gasteiger partial charge >= 0.3 is 0 Å². The van der Waals surface area contributed by atoms with Gasteiger partial charge in [-0.3, -0.25) is 0 Å². The molecule has 0 atom stereocenters. The van der Waals surface area contributed by atoms with Crippen molar-refractivity contribution >= 4 is 11.6 Å². The molecule has 0 spiro atoms. The van der Waals surface area contributed by atoms with Gasteiger partial charge < -0.3 is 4.52 Å². The SMILES string of the molecule is ClCCCc1cn(Cc2ncno2)nn1. The Bertz CT molecular complexity index is 399. The minimum absolute atomic E-state index is 0.452. The van der Waals surface area contributed by atoms with Crippen molar-refractivity contribution in [2.45, 2.75) is 19.4 Å². The van der Waals surface area contributed by atoms with Gasteiger partial charge in [0.05, 0.1) is 5.69 Å². The number of hydrogen-bond donors (Lipinski definition) is 0. The van der Waals surface area contributed by atoms with Crippen LogP contribution in [0.4, 0.5) is 0 Å². The highest BCUT2D eigenvalue weighted by atomic mass is 35.5. The Morgan fingerprint density at radius 3 is 3.13 bits per heavy atom. The second-order valence-electron chi connectivity index (χ2n) is 3.03. The Hall–Kier alpha value is -1.43. The average Bonchev–Trinajstić information content (AvgIpc) is 2.87. The van der Waals surface area contributed by atoms with Crippen LogP contribution in [0, 0.1) is 0 Å². The third kappa shape index (κ3) is 2.76. The van der Waals surface area contributed by atoms with E-state index in [2.05, 4.69) is 20.5 Å². The maximum Gasteiger partial charge on any atom is 0.248 e. The molecule has 0 N–H and O–H groups in total. The predicted octanol–water partition coefficient (Wildman–Crippen LogP) is 0.881. The zero-order valence-corrected chi connectivity index (χ0v) is 8.76. The van der Waals surface area contributed by atoms with Crippen molar-refractivity contribution in [1.29, 1.82) is 0 Å². The first kappa shape index (κ1) is 10.1. The van der Waals surface area contributed by atoms with Crippen molar-refractivity contribution in [3.05, 3.63) is 24.1 Å². The molecule has 6 nitrogen and oxygen atoms in total. The van der Waals surface area contributed by atoms with Gasteiger partial charge in [0, 0.05) is 12.1 Å². The predicted molar refractivity (Wildman–Crippen MR) is 52.5 cm³/mol. The number of halogens is 1. The summed E-state index contributed by atoms with van der Waals surface area (Å²) in [5, 5.41) is 11.4. The summed E-state index contributed by atoms with van der Waals surface area (Å²) in [4.78, 5) is 3.90. The van der Waals surface area contributed by atoms with E-state index in [-0.39, 0.29) is 0 Å². The quantitative estimate of drug-likeness (QED) is 0.710. The fourth-order valence-electron chi connectivity index (χ4n) is 1.18. The summed E-state index contributed by atoms with van der Waals surface area (Å²) >= 11 is 5.59. The van der Waals surface area contributed by atoms with E-state index in [1.165, 1.54) is 6.33 Å². The van der Waals surface area contributed by atoms with E-state index in [1.807, 2.05) is 6.20 Å². The zero-order chi connectivity index (χ0) is 10.5. The Balaban J connectivity index is 1.95. The molecule has 7 heteroatoms. The van der Waals surface area contributed by atoms with Crippen LogP contribution in [0.25, 0.3) is 0 Å². The van der Waals surface area contributed by atoms with Crippen LogP contribution < -0.4 is 0 Å². The highest BCUT2D eigenvalue weighted by Gasteiger charge is 2.04. The molecule has 0 aliphatic rings. The molecule has 80 valence electrons. The van der Waals surface area contributed by atoms with Gasteiger partial charge in [0.15, 0.2) is 6.33 Å². The molecule has 2 heterocycles. The molecule has 15 heavy (non-hydrogen) atoms. The molecule has 0 amide bonds. The lowest BCUT2D eigenvalue weighted by atomic mass is 10.3. The maximum absolute atomic E-state index is 5.59. The van der Waals surface area contributed by atoms with E-state index in [0.29, 0.717) is 18.3 Å². The minimum Gasteiger partial charge on any atom is -0.338 e. The number of hydrogen-bond acceptors (Lipinski definition) is 5. The summed E-state index contributed by atoms with van der Waals surface area (Å²) < 4.78 is 6.52. The Morgan fingerprint density at radius 2 is 2.40 bits per heavy atom. The standard InChI is InChI=1S/C8H10ClN5O/c9-3-1-2-7-4-14(13-12-7)5-8-10-6-11-15-8/h4,6H,1-3,5H2. The number of aromatic nitrogens is 5. The van der Waals surface area contributed by atoms with Crippen LogP contribution >= 0.6 is 11.6 Å². The summed E-state index contributed by atoms with van der Waals surface area (Å²) in [7, 11) is 0. The topological polar surface area (TPSA) is 69.6 Å². The third-order valence-electron chi connectivity index (χ3n) is 1.86. The number of nitrogens with zero attached hydrogens (tertiary/aromatic N) is 5. The largest absolute Gasteiger partial charge is 0.338 e. The van der Waals surface area contributed by atoms with Gasteiger partial charge in [0.2, 0.25) is 5.89 Å². The normalized spacial score (nSPS) is 10.7. The molecule has 0 saturated heterocycles. The fourth-order valence-corrected chi connectivity index (χ4v) is 1.32. The van der Waals surface area contributed by atoms with Crippen molar-refractivity contribution in [2.75, 3.05) is 5.88 Å². The lowest BCUT2D eigenvalue weighted by Gasteiger charge is -1.92. The molecule has 0 unspecified atom stereocenters. The van der Waals surface area contributed by atoms with Gasteiger partial charge in [-0.1, -0.05) is 10.4 Å². The van der Waals surface area contributed by atoms with Crippen molar-refractivity contribution in [1.82, 2.24) is 25.1 Å². The van der Waals surface area contributed by atoms with E-state index < -0.39 is 0 Å². The highest BCUT2D eigenvalue weighted by Crippen LogP contribution is 2.01. The molecule has 2 aromatic rings. The maximum atomic E-state index is 5.59. The molecule has 0 radical (unpaired) electrons. The molecule has 0 aliphatic carbocycles. The van der Waals surface area contributed by atoms with Gasteiger partial charge in [-0.25, -0.2) is 4.68 Å². The molecule has 0 aliphatic heterocycles. The van der Waals surface area contributed by atoms with E-state index in [4.69, 9.17) is 16.1 Å². The molecule has 0 aromatic carbocycles. The van der Waals surface area contributed by atoms with Crippen molar-refractivity contribution in [2.24, 2.45) is 0 Å². The lowest BCUT2D eigenvalue weighted by molar-refractivity contribution is 0.363. The highest BCUT2D eigenvalue weighted by molar-refractivity contribution is 6.17. The van der Waals surface area contributed by atoms with Crippen LogP contribution in [0.2, 0.25) is 0 Å². The molecule has 0 saturated carbocycles. The molecular weight excluding hydrogens is 218 g/mol. The first-order chi connectivity index (χ1) is 7.38. The second kappa shape index (κ2) is 4.88. The minimum atomic E-state index is 0.452. The van der Waals surface area contributed by atoms with Crippen LogP contribution in [0.3, 0.4) is 0 Å². The lowest BCUT2D eigenvalue weighted by Crippen LogP contribution is -2.00. The van der Waals surface area contributed by atoms with Gasteiger partial charge in [-0.15, -0.1) is 16.7 Å². The molecule has 0 bridgehead atoms. The molecule has 2 aromatic heterocycles. The number of rotatable bonds is 5. The average molecular weight is 228 g/mol. The number of aryl methyl sites for hydroxylation is 1. The summed E-state index contributed by atoms with van der Waals surface area (Å²) in [6, 6.07) is 0. The zero-order valence-electron chi connectivity index (χ0n) is 8.01. The Morgan fingerprint density at radius 1 is 1.47 bits per heavy atom. The van der Waals surface area contributed by atoms with Gasteiger partial charge in [0.25, 0.3) is 0 Å². The monoisotopic (exact) mass is 227 g/mol. The van der Waals surface area contributed by atoms with Crippen LogP contribution in [0.1, 0.15) is 18.0 Å². The van der Waals surface area contributed by atoms with E-state index in [9.17, 15) is 0 Å². The van der Waals surface area contributed by atoms with E-state index >= 15 is 0 Å². The van der Waals surface area contributed by atoms with Crippen LogP contribution in [-0.4, -0.2) is 31.0 Å². The summed E-state index contributed by atoms with van der Waals surface area (Å²) in [5.74, 6) is 1.15. The van der Waals surface area contributed by atoms with Gasteiger partial charge in [-0.05, 0) is 12.8 Å². The van der Waals surface area contributed by atoms with E-state index in [1.54, 1.807) is 4.68 Å². The summed E-state index contributed by atoms with van der Waals surface area (Å²) in [6.45, 7) is 0.452. The van der Waals surface area contributed by atoms with Crippen molar-refractivity contribution in [3.8, 4) is 0 Å². The Kier molecular flexibility index (Phi) is 3.29. The van der Waals surface area contributed by atoms with Crippen molar-refractivity contribution < 1.29 is 4.52 Å². The smallest absolute Gasteiger partial charge is 0.248 e. The summed E-state index contributed by atoms with van der Waals surface area (Å²) in [6.07, 6.45) is 4.96. The van der Waals surface area contributed by atoms with Crippen LogP contribution in [0.15, 0.2) is 17.0 Å². The van der Waals surface area contributed by atoms with Crippen LogP contribution in [-0.2, 0) is 13.0 Å². The number of alkyl halides is 1.